The van der Waals surface area contributed by atoms with Gasteiger partial charge in [-0.15, -0.1) is 10.2 Å². The second kappa shape index (κ2) is 7.75. The molecular weight excluding hydrogens is 370 g/mol. The third-order valence-corrected chi connectivity index (χ3v) is 5.86. The molecule has 144 valence electrons. The van der Waals surface area contributed by atoms with Crippen molar-refractivity contribution >= 4 is 23.4 Å². The largest absolute Gasteiger partial charge is 0.325 e. The minimum absolute atomic E-state index is 0.0352. The summed E-state index contributed by atoms with van der Waals surface area (Å²) in [5.41, 5.74) is 3.98. The Morgan fingerprint density at radius 3 is 2.79 bits per heavy atom. The molecule has 1 aliphatic carbocycles. The fourth-order valence-electron chi connectivity index (χ4n) is 3.03. The number of nitrogens with zero attached hydrogens (tertiary/aromatic N) is 4. The summed E-state index contributed by atoms with van der Waals surface area (Å²) in [5, 5.41) is 12.3. The summed E-state index contributed by atoms with van der Waals surface area (Å²) in [6.45, 7) is 5.92. The van der Waals surface area contributed by atoms with E-state index in [0.717, 1.165) is 46.2 Å². The van der Waals surface area contributed by atoms with Crippen molar-refractivity contribution in [3.63, 3.8) is 0 Å². The van der Waals surface area contributed by atoms with E-state index in [2.05, 4.69) is 25.1 Å². The summed E-state index contributed by atoms with van der Waals surface area (Å²) in [5.74, 6) is 0.784. The van der Waals surface area contributed by atoms with Gasteiger partial charge < -0.3 is 5.32 Å². The number of benzene rings is 1. The van der Waals surface area contributed by atoms with Gasteiger partial charge in [-0.25, -0.2) is 0 Å². The van der Waals surface area contributed by atoms with Crippen molar-refractivity contribution in [2.24, 2.45) is 0 Å². The van der Waals surface area contributed by atoms with Gasteiger partial charge in [-0.05, 0) is 62.9 Å². The van der Waals surface area contributed by atoms with Crippen LogP contribution < -0.4 is 5.32 Å². The standard InChI is InChI=1S/C21H23N5OS/c1-13-6-7-14(2)18(11-13)23-20(27)15(3)28-21-25-24-19(26(21)17-8-9-17)16-5-4-10-22-12-16/h4-7,10-12,15,17H,8-9H2,1-3H3,(H,23,27). The first kappa shape index (κ1) is 18.7. The Labute approximate surface area is 168 Å². The molecule has 2 aromatic heterocycles. The van der Waals surface area contributed by atoms with Crippen LogP contribution in [0.1, 0.15) is 36.9 Å². The van der Waals surface area contributed by atoms with E-state index in [-0.39, 0.29) is 11.2 Å². The molecule has 1 N–H and O–H groups in total. The third kappa shape index (κ3) is 3.94. The number of amides is 1. The van der Waals surface area contributed by atoms with Gasteiger partial charge in [0.2, 0.25) is 5.91 Å². The maximum atomic E-state index is 12.8. The molecule has 6 nitrogen and oxygen atoms in total. The normalized spacial score (nSPS) is 14.7. The molecule has 0 aliphatic heterocycles. The van der Waals surface area contributed by atoms with E-state index in [1.807, 2.05) is 51.1 Å². The number of hydrogen-bond donors (Lipinski definition) is 1. The van der Waals surface area contributed by atoms with Gasteiger partial charge in [0, 0.05) is 29.7 Å². The van der Waals surface area contributed by atoms with E-state index in [9.17, 15) is 4.79 Å². The zero-order chi connectivity index (χ0) is 19.7. The van der Waals surface area contributed by atoms with Crippen LogP contribution in [0.4, 0.5) is 5.69 Å². The van der Waals surface area contributed by atoms with Crippen LogP contribution in [0.2, 0.25) is 0 Å². The number of aryl methyl sites for hydroxylation is 2. The van der Waals surface area contributed by atoms with E-state index >= 15 is 0 Å². The Kier molecular flexibility index (Phi) is 5.17. The second-order valence-corrected chi connectivity index (χ2v) is 8.52. The first-order chi connectivity index (χ1) is 13.5. The Morgan fingerprint density at radius 1 is 1.25 bits per heavy atom. The minimum Gasteiger partial charge on any atom is -0.325 e. The molecule has 0 radical (unpaired) electrons. The molecule has 3 aromatic rings. The lowest BCUT2D eigenvalue weighted by Gasteiger charge is -2.15. The second-order valence-electron chi connectivity index (χ2n) is 7.22. The molecule has 0 saturated heterocycles. The molecule has 1 aliphatic rings. The summed E-state index contributed by atoms with van der Waals surface area (Å²) in [4.78, 5) is 16.9. The molecule has 0 spiro atoms. The van der Waals surface area contributed by atoms with E-state index in [1.54, 1.807) is 12.4 Å². The SMILES string of the molecule is Cc1ccc(C)c(NC(=O)C(C)Sc2nnc(-c3cccnc3)n2C2CC2)c1. The maximum Gasteiger partial charge on any atom is 0.237 e. The van der Waals surface area contributed by atoms with Gasteiger partial charge in [0.15, 0.2) is 11.0 Å². The highest BCUT2D eigenvalue weighted by molar-refractivity contribution is 8.00. The van der Waals surface area contributed by atoms with Crippen LogP contribution in [0.25, 0.3) is 11.4 Å². The molecule has 0 bridgehead atoms. The lowest BCUT2D eigenvalue weighted by molar-refractivity contribution is -0.115. The monoisotopic (exact) mass is 393 g/mol. The topological polar surface area (TPSA) is 72.7 Å². The number of pyridine rings is 1. The van der Waals surface area contributed by atoms with Crippen LogP contribution in [0.5, 0.6) is 0 Å². The molecule has 1 aromatic carbocycles. The molecule has 1 fully saturated rings. The number of rotatable bonds is 6. The molecule has 7 heteroatoms. The van der Waals surface area contributed by atoms with Gasteiger partial charge >= 0.3 is 0 Å². The van der Waals surface area contributed by atoms with Crippen molar-refractivity contribution in [1.82, 2.24) is 19.7 Å². The highest BCUT2D eigenvalue weighted by Gasteiger charge is 2.31. The summed E-state index contributed by atoms with van der Waals surface area (Å²) < 4.78 is 2.16. The Morgan fingerprint density at radius 2 is 2.07 bits per heavy atom. The number of carbonyl (C=O) groups excluding carboxylic acids is 1. The predicted octanol–water partition coefficient (Wildman–Crippen LogP) is 4.41. The quantitative estimate of drug-likeness (QED) is 0.628. The highest BCUT2D eigenvalue weighted by Crippen LogP contribution is 2.41. The number of thioether (sulfide) groups is 1. The number of aromatic nitrogens is 4. The van der Waals surface area contributed by atoms with Crippen molar-refractivity contribution in [1.29, 1.82) is 0 Å². The van der Waals surface area contributed by atoms with Crippen LogP contribution in [-0.4, -0.2) is 30.9 Å². The van der Waals surface area contributed by atoms with Gasteiger partial charge in [0.05, 0.1) is 5.25 Å². The highest BCUT2D eigenvalue weighted by atomic mass is 32.2. The van der Waals surface area contributed by atoms with E-state index in [4.69, 9.17) is 0 Å². The van der Waals surface area contributed by atoms with Crippen LogP contribution in [-0.2, 0) is 4.79 Å². The van der Waals surface area contributed by atoms with Crippen LogP contribution >= 0.6 is 11.8 Å². The Balaban J connectivity index is 1.53. The zero-order valence-corrected chi connectivity index (χ0v) is 17.0. The third-order valence-electron chi connectivity index (χ3n) is 4.80. The lowest BCUT2D eigenvalue weighted by atomic mass is 10.1. The van der Waals surface area contributed by atoms with Crippen molar-refractivity contribution in [2.75, 3.05) is 5.32 Å². The molecule has 1 saturated carbocycles. The van der Waals surface area contributed by atoms with Gasteiger partial charge in [0.25, 0.3) is 0 Å². The fourth-order valence-corrected chi connectivity index (χ4v) is 3.95. The summed E-state index contributed by atoms with van der Waals surface area (Å²) in [6.07, 6.45) is 5.77. The summed E-state index contributed by atoms with van der Waals surface area (Å²) in [6, 6.07) is 10.4. The maximum absolute atomic E-state index is 12.8. The first-order valence-corrected chi connectivity index (χ1v) is 10.3. The molecule has 2 heterocycles. The van der Waals surface area contributed by atoms with E-state index < -0.39 is 0 Å². The average molecular weight is 394 g/mol. The van der Waals surface area contributed by atoms with E-state index in [0.29, 0.717) is 6.04 Å². The minimum atomic E-state index is -0.289. The van der Waals surface area contributed by atoms with Crippen molar-refractivity contribution in [2.45, 2.75) is 50.1 Å². The number of nitrogens with one attached hydrogen (secondary N) is 1. The smallest absolute Gasteiger partial charge is 0.237 e. The molecular formula is C21H23N5OS. The number of carbonyl (C=O) groups is 1. The van der Waals surface area contributed by atoms with Crippen molar-refractivity contribution in [3.8, 4) is 11.4 Å². The van der Waals surface area contributed by atoms with Crippen molar-refractivity contribution in [3.05, 3.63) is 53.9 Å². The van der Waals surface area contributed by atoms with Gasteiger partial charge in [-0.3, -0.25) is 14.3 Å². The fraction of sp³-hybridized carbons (Fsp3) is 0.333. The molecule has 1 unspecified atom stereocenters. The van der Waals surface area contributed by atoms with Gasteiger partial charge in [-0.1, -0.05) is 23.9 Å². The molecule has 4 rings (SSSR count). The summed E-state index contributed by atoms with van der Waals surface area (Å²) in [7, 11) is 0. The Bertz CT molecular complexity index is 997. The van der Waals surface area contributed by atoms with Crippen LogP contribution in [0.15, 0.2) is 47.9 Å². The summed E-state index contributed by atoms with van der Waals surface area (Å²) >= 11 is 1.45. The van der Waals surface area contributed by atoms with E-state index in [1.165, 1.54) is 11.8 Å². The zero-order valence-electron chi connectivity index (χ0n) is 16.2. The number of anilines is 1. The molecule has 1 amide bonds. The lowest BCUT2D eigenvalue weighted by Crippen LogP contribution is -2.23. The van der Waals surface area contributed by atoms with Crippen LogP contribution in [0, 0.1) is 13.8 Å². The molecule has 1 atom stereocenters. The van der Waals surface area contributed by atoms with Crippen molar-refractivity contribution < 1.29 is 4.79 Å². The molecule has 28 heavy (non-hydrogen) atoms. The average Bonchev–Trinajstić information content (AvgIpc) is 3.45. The van der Waals surface area contributed by atoms with Gasteiger partial charge in [-0.2, -0.15) is 0 Å². The van der Waals surface area contributed by atoms with Crippen LogP contribution in [0.3, 0.4) is 0 Å². The first-order valence-electron chi connectivity index (χ1n) is 9.43. The van der Waals surface area contributed by atoms with Gasteiger partial charge in [0.1, 0.15) is 0 Å². The number of hydrogen-bond acceptors (Lipinski definition) is 5. The Hall–Kier alpha value is -2.67. The predicted molar refractivity (Wildman–Crippen MR) is 111 cm³/mol.